The lowest BCUT2D eigenvalue weighted by molar-refractivity contribution is -0.149. The number of hydrogen-bond acceptors (Lipinski definition) is 4. The van der Waals surface area contributed by atoms with Crippen LogP contribution in [0.2, 0.25) is 5.02 Å². The second-order valence-electron chi connectivity index (χ2n) is 8.70. The molecule has 0 saturated carbocycles. The maximum atomic E-state index is 12.8. The fraction of sp³-hybridized carbons (Fsp3) is 0.667. The van der Waals surface area contributed by atoms with E-state index in [1.165, 1.54) is 0 Å². The van der Waals surface area contributed by atoms with Crippen molar-refractivity contribution in [1.82, 2.24) is 15.2 Å². The minimum absolute atomic E-state index is 0.0436. The van der Waals surface area contributed by atoms with E-state index in [9.17, 15) is 9.59 Å². The average molecular weight is 405 g/mol. The quantitative estimate of drug-likeness (QED) is 0.837. The Balaban J connectivity index is 1.60. The van der Waals surface area contributed by atoms with Gasteiger partial charge in [-0.3, -0.25) is 9.59 Å². The molecule has 0 spiro atoms. The van der Waals surface area contributed by atoms with Crippen molar-refractivity contribution in [2.24, 2.45) is 17.8 Å². The van der Waals surface area contributed by atoms with Crippen LogP contribution >= 0.6 is 11.6 Å². The van der Waals surface area contributed by atoms with E-state index < -0.39 is 0 Å². The summed E-state index contributed by atoms with van der Waals surface area (Å²) in [7, 11) is 0. The van der Waals surface area contributed by atoms with E-state index in [1.54, 1.807) is 6.20 Å². The molecule has 0 radical (unpaired) electrons. The van der Waals surface area contributed by atoms with Gasteiger partial charge in [-0.05, 0) is 43.2 Å². The van der Waals surface area contributed by atoms with Crippen molar-refractivity contribution < 1.29 is 9.59 Å². The molecule has 4 rings (SSSR count). The Morgan fingerprint density at radius 1 is 1.36 bits per heavy atom. The number of fused-ring (bicyclic) bond motifs is 4. The van der Waals surface area contributed by atoms with Crippen LogP contribution in [0.25, 0.3) is 0 Å². The Kier molecular flexibility index (Phi) is 5.50. The largest absolute Gasteiger partial charge is 0.355 e. The summed E-state index contributed by atoms with van der Waals surface area (Å²) in [6.07, 6.45) is 5.50. The first-order valence-electron chi connectivity index (χ1n) is 10.4. The molecule has 1 aromatic heterocycles. The molecule has 152 valence electrons. The van der Waals surface area contributed by atoms with Crippen molar-refractivity contribution >= 4 is 29.2 Å². The lowest BCUT2D eigenvalue weighted by Gasteiger charge is -2.56. The maximum Gasteiger partial charge on any atom is 0.223 e. The zero-order valence-electron chi connectivity index (χ0n) is 16.6. The number of nitrogens with one attached hydrogen (secondary N) is 1. The van der Waals surface area contributed by atoms with Gasteiger partial charge in [0, 0.05) is 44.2 Å². The molecule has 3 fully saturated rings. The number of nitrogens with zero attached hydrogens (tertiary/aromatic N) is 3. The molecule has 0 aromatic carbocycles. The Labute approximate surface area is 171 Å². The van der Waals surface area contributed by atoms with E-state index in [0.717, 1.165) is 38.2 Å². The summed E-state index contributed by atoms with van der Waals surface area (Å²) < 4.78 is 0. The smallest absolute Gasteiger partial charge is 0.223 e. The minimum atomic E-state index is -0.0561. The number of anilines is 1. The summed E-state index contributed by atoms with van der Waals surface area (Å²) in [4.78, 5) is 33.9. The molecule has 1 aromatic rings. The predicted molar refractivity (Wildman–Crippen MR) is 109 cm³/mol. The van der Waals surface area contributed by atoms with Crippen LogP contribution in [0, 0.1) is 17.8 Å². The third-order valence-electron chi connectivity index (χ3n) is 6.55. The van der Waals surface area contributed by atoms with Crippen molar-refractivity contribution in [3.8, 4) is 0 Å². The van der Waals surface area contributed by atoms with E-state index in [1.807, 2.05) is 26.0 Å². The number of piperidine rings is 3. The van der Waals surface area contributed by atoms with Gasteiger partial charge >= 0.3 is 0 Å². The minimum Gasteiger partial charge on any atom is -0.355 e. The molecular formula is C21H29ClN4O2. The zero-order chi connectivity index (χ0) is 19.8. The van der Waals surface area contributed by atoms with Crippen LogP contribution in [0.5, 0.6) is 0 Å². The summed E-state index contributed by atoms with van der Waals surface area (Å²) in [6, 6.07) is 4.03. The number of amides is 2. The fourth-order valence-corrected chi connectivity index (χ4v) is 5.47. The topological polar surface area (TPSA) is 65.5 Å². The Bertz CT molecular complexity index is 756. The van der Waals surface area contributed by atoms with Gasteiger partial charge in [-0.15, -0.1) is 0 Å². The van der Waals surface area contributed by atoms with E-state index in [4.69, 9.17) is 11.6 Å². The van der Waals surface area contributed by atoms with Gasteiger partial charge in [-0.1, -0.05) is 25.4 Å². The molecule has 3 aliphatic rings. The lowest BCUT2D eigenvalue weighted by atomic mass is 9.72. The molecule has 28 heavy (non-hydrogen) atoms. The first-order valence-corrected chi connectivity index (χ1v) is 10.8. The second-order valence-corrected chi connectivity index (χ2v) is 9.10. The standard InChI is InChI=1S/C21H29ClN4O2/c1-13(2)21(28)24-10-18-15-9-14(17-6-3-7-19(27)26(17)18)11-25(12-15)20-16(22)5-4-8-23-20/h4-5,8,13-15,17-18H,3,6-7,9-12H2,1-2H3,(H,24,28)/t14-,15+,17+,18+/m1/s1. The summed E-state index contributed by atoms with van der Waals surface area (Å²) >= 11 is 6.42. The number of aromatic nitrogens is 1. The highest BCUT2D eigenvalue weighted by atomic mass is 35.5. The number of carbonyl (C=O) groups excluding carboxylic acids is 2. The molecule has 1 N–H and O–H groups in total. The molecule has 7 heteroatoms. The third-order valence-corrected chi connectivity index (χ3v) is 6.84. The Hall–Kier alpha value is -1.82. The molecular weight excluding hydrogens is 376 g/mol. The van der Waals surface area contributed by atoms with Gasteiger partial charge in [0.1, 0.15) is 5.82 Å². The monoisotopic (exact) mass is 404 g/mol. The van der Waals surface area contributed by atoms with Crippen LogP contribution in [0.1, 0.15) is 39.5 Å². The molecule has 4 heterocycles. The fourth-order valence-electron chi connectivity index (χ4n) is 5.23. The number of pyridine rings is 1. The van der Waals surface area contributed by atoms with Crippen LogP contribution in [-0.4, -0.2) is 53.4 Å². The van der Waals surface area contributed by atoms with E-state index in [0.29, 0.717) is 29.8 Å². The van der Waals surface area contributed by atoms with E-state index >= 15 is 0 Å². The van der Waals surface area contributed by atoms with Gasteiger partial charge in [0.25, 0.3) is 0 Å². The number of hydrogen-bond donors (Lipinski definition) is 1. The van der Waals surface area contributed by atoms with Crippen LogP contribution < -0.4 is 10.2 Å². The highest BCUT2D eigenvalue weighted by Crippen LogP contribution is 2.43. The number of halogens is 1. The van der Waals surface area contributed by atoms with Crippen LogP contribution in [0.3, 0.4) is 0 Å². The normalized spacial score (nSPS) is 29.6. The molecule has 4 atom stereocenters. The molecule has 2 bridgehead atoms. The maximum absolute atomic E-state index is 12.8. The van der Waals surface area contributed by atoms with Gasteiger partial charge in [-0.2, -0.15) is 0 Å². The summed E-state index contributed by atoms with van der Waals surface area (Å²) in [5, 5.41) is 3.75. The molecule has 0 aliphatic carbocycles. The van der Waals surface area contributed by atoms with Crippen LogP contribution in [0.4, 0.5) is 5.82 Å². The molecule has 6 nitrogen and oxygen atoms in total. The Morgan fingerprint density at radius 3 is 2.89 bits per heavy atom. The summed E-state index contributed by atoms with van der Waals surface area (Å²) in [5.41, 5.74) is 0. The van der Waals surface area contributed by atoms with Crippen molar-refractivity contribution in [2.75, 3.05) is 24.5 Å². The SMILES string of the molecule is CC(C)C(=O)NC[C@H]1[C@H]2C[C@H](CN(c3ncccc3Cl)C2)[C@@H]2CCCC(=O)N21. The summed E-state index contributed by atoms with van der Waals surface area (Å²) in [6.45, 7) is 6.01. The number of carbonyl (C=O) groups is 2. The first kappa shape index (κ1) is 19.5. The van der Waals surface area contributed by atoms with Crippen LogP contribution in [0.15, 0.2) is 18.3 Å². The van der Waals surface area contributed by atoms with E-state index in [-0.39, 0.29) is 29.8 Å². The second kappa shape index (κ2) is 7.90. The van der Waals surface area contributed by atoms with Crippen molar-refractivity contribution in [3.63, 3.8) is 0 Å². The van der Waals surface area contributed by atoms with Crippen molar-refractivity contribution in [3.05, 3.63) is 23.4 Å². The van der Waals surface area contributed by atoms with Crippen molar-refractivity contribution in [2.45, 2.75) is 51.6 Å². The average Bonchev–Trinajstić information content (AvgIpc) is 2.68. The molecule has 0 unspecified atom stereocenters. The Morgan fingerprint density at radius 2 is 2.14 bits per heavy atom. The molecule has 2 amide bonds. The first-order chi connectivity index (χ1) is 13.5. The van der Waals surface area contributed by atoms with Gasteiger partial charge in [0.2, 0.25) is 11.8 Å². The highest BCUT2D eigenvalue weighted by Gasteiger charge is 2.49. The molecule has 3 aliphatic heterocycles. The van der Waals surface area contributed by atoms with Gasteiger partial charge in [0.05, 0.1) is 11.1 Å². The van der Waals surface area contributed by atoms with Crippen molar-refractivity contribution in [1.29, 1.82) is 0 Å². The third kappa shape index (κ3) is 3.59. The van der Waals surface area contributed by atoms with Crippen LogP contribution in [-0.2, 0) is 9.59 Å². The van der Waals surface area contributed by atoms with Gasteiger partial charge in [-0.25, -0.2) is 4.98 Å². The van der Waals surface area contributed by atoms with Gasteiger partial charge < -0.3 is 15.1 Å². The highest BCUT2D eigenvalue weighted by molar-refractivity contribution is 6.32. The van der Waals surface area contributed by atoms with E-state index in [2.05, 4.69) is 20.1 Å². The predicted octanol–water partition coefficient (Wildman–Crippen LogP) is 2.71. The lowest BCUT2D eigenvalue weighted by Crippen LogP contribution is -2.67. The zero-order valence-corrected chi connectivity index (χ0v) is 17.4. The number of rotatable bonds is 4. The molecule has 3 saturated heterocycles. The summed E-state index contributed by atoms with van der Waals surface area (Å²) in [5.74, 6) is 1.81. The van der Waals surface area contributed by atoms with Gasteiger partial charge in [0.15, 0.2) is 0 Å².